The lowest BCUT2D eigenvalue weighted by Crippen LogP contribution is -2.37. The summed E-state index contributed by atoms with van der Waals surface area (Å²) in [6, 6.07) is 9.35. The van der Waals surface area contributed by atoms with E-state index in [0.717, 1.165) is 42.2 Å². The number of benzene rings is 1. The standard InChI is InChI=1S/C23H25N5O4/c1-25-18-17(21(31)26(2)23(25)32)28-20(30)16(13-14-9-5-3-6-10-14)19(29)27(22(28)24-18)15-11-7-4-8-12-15/h3,5-6,9-10,15,30H,4,7-8,11-13H2,1-2H3. The van der Waals surface area contributed by atoms with Crippen LogP contribution in [0.5, 0.6) is 5.88 Å². The van der Waals surface area contributed by atoms with Crippen molar-refractivity contribution < 1.29 is 5.11 Å². The highest BCUT2D eigenvalue weighted by molar-refractivity contribution is 5.76. The largest absolute Gasteiger partial charge is 0.494 e. The predicted octanol–water partition coefficient (Wildman–Crippen LogP) is 1.85. The lowest BCUT2D eigenvalue weighted by Gasteiger charge is -2.25. The molecule has 1 fully saturated rings. The van der Waals surface area contributed by atoms with Gasteiger partial charge in [0, 0.05) is 26.6 Å². The topological polar surface area (TPSA) is 104 Å². The zero-order valence-electron chi connectivity index (χ0n) is 18.1. The molecular formula is C23H25N5O4. The molecule has 1 aliphatic rings. The van der Waals surface area contributed by atoms with E-state index in [9.17, 15) is 19.5 Å². The summed E-state index contributed by atoms with van der Waals surface area (Å²) in [6.45, 7) is 0. The van der Waals surface area contributed by atoms with E-state index in [1.54, 1.807) is 4.57 Å². The summed E-state index contributed by atoms with van der Waals surface area (Å²) in [5.41, 5.74) is -0.0615. The molecule has 0 atom stereocenters. The highest BCUT2D eigenvalue weighted by Gasteiger charge is 2.28. The number of hydrogen-bond acceptors (Lipinski definition) is 5. The fraction of sp³-hybridized carbons (Fsp3) is 0.391. The number of hydrogen-bond donors (Lipinski definition) is 1. The minimum Gasteiger partial charge on any atom is -0.494 e. The normalized spacial score (nSPS) is 15.1. The van der Waals surface area contributed by atoms with Crippen LogP contribution in [0.2, 0.25) is 0 Å². The van der Waals surface area contributed by atoms with E-state index < -0.39 is 11.2 Å². The molecule has 0 radical (unpaired) electrons. The average molecular weight is 435 g/mol. The fourth-order valence-electron chi connectivity index (χ4n) is 4.84. The third-order valence-corrected chi connectivity index (χ3v) is 6.58. The number of imidazole rings is 1. The molecule has 3 aromatic heterocycles. The summed E-state index contributed by atoms with van der Waals surface area (Å²) in [6.07, 6.45) is 4.98. The molecule has 4 aromatic rings. The summed E-state index contributed by atoms with van der Waals surface area (Å²) in [4.78, 5) is 43.8. The zero-order chi connectivity index (χ0) is 22.6. The first-order valence-electron chi connectivity index (χ1n) is 10.9. The number of aromatic nitrogens is 5. The van der Waals surface area contributed by atoms with Crippen molar-refractivity contribution in [3.8, 4) is 5.88 Å². The smallest absolute Gasteiger partial charge is 0.332 e. The van der Waals surface area contributed by atoms with Gasteiger partial charge < -0.3 is 5.11 Å². The van der Waals surface area contributed by atoms with E-state index in [1.165, 1.54) is 23.1 Å². The Morgan fingerprint density at radius 2 is 1.66 bits per heavy atom. The number of nitrogens with zero attached hydrogens (tertiary/aromatic N) is 5. The molecule has 0 unspecified atom stereocenters. The monoisotopic (exact) mass is 435 g/mol. The van der Waals surface area contributed by atoms with Crippen LogP contribution in [-0.2, 0) is 20.5 Å². The van der Waals surface area contributed by atoms with Crippen molar-refractivity contribution in [3.05, 3.63) is 72.7 Å². The Morgan fingerprint density at radius 1 is 0.969 bits per heavy atom. The molecule has 5 rings (SSSR count). The van der Waals surface area contributed by atoms with Gasteiger partial charge in [-0.2, -0.15) is 4.98 Å². The van der Waals surface area contributed by atoms with Crippen molar-refractivity contribution in [1.29, 1.82) is 0 Å². The fourth-order valence-corrected chi connectivity index (χ4v) is 4.84. The van der Waals surface area contributed by atoms with Gasteiger partial charge in [0.1, 0.15) is 0 Å². The van der Waals surface area contributed by atoms with E-state index in [1.807, 2.05) is 30.3 Å². The maximum Gasteiger partial charge on any atom is 0.332 e. The molecule has 0 saturated heterocycles. The predicted molar refractivity (Wildman–Crippen MR) is 120 cm³/mol. The molecule has 1 aromatic carbocycles. The molecule has 1 saturated carbocycles. The van der Waals surface area contributed by atoms with Gasteiger partial charge in [0.15, 0.2) is 11.2 Å². The second kappa shape index (κ2) is 7.51. The van der Waals surface area contributed by atoms with Gasteiger partial charge in [0.25, 0.3) is 11.1 Å². The molecular weight excluding hydrogens is 410 g/mol. The maximum absolute atomic E-state index is 13.7. The van der Waals surface area contributed by atoms with Crippen molar-refractivity contribution in [2.75, 3.05) is 0 Å². The molecule has 32 heavy (non-hydrogen) atoms. The van der Waals surface area contributed by atoms with Crippen LogP contribution in [0.25, 0.3) is 16.9 Å². The van der Waals surface area contributed by atoms with Gasteiger partial charge in [-0.15, -0.1) is 0 Å². The summed E-state index contributed by atoms with van der Waals surface area (Å²) < 4.78 is 5.24. The van der Waals surface area contributed by atoms with Gasteiger partial charge >= 0.3 is 5.69 Å². The van der Waals surface area contributed by atoms with Crippen molar-refractivity contribution in [2.45, 2.75) is 44.6 Å². The molecule has 0 aliphatic heterocycles. The highest BCUT2D eigenvalue weighted by Crippen LogP contribution is 2.31. The third-order valence-electron chi connectivity index (χ3n) is 6.58. The molecule has 166 valence electrons. The molecule has 3 heterocycles. The van der Waals surface area contributed by atoms with E-state index in [2.05, 4.69) is 4.98 Å². The van der Waals surface area contributed by atoms with Crippen molar-refractivity contribution in [1.82, 2.24) is 23.1 Å². The molecule has 9 heteroatoms. The molecule has 0 bridgehead atoms. The lowest BCUT2D eigenvalue weighted by molar-refractivity contribution is 0.344. The van der Waals surface area contributed by atoms with Crippen LogP contribution in [0.4, 0.5) is 0 Å². The van der Waals surface area contributed by atoms with Gasteiger partial charge in [-0.3, -0.25) is 23.3 Å². The summed E-state index contributed by atoms with van der Waals surface area (Å²) in [7, 11) is 2.92. The molecule has 0 amide bonds. The van der Waals surface area contributed by atoms with Gasteiger partial charge in [0.2, 0.25) is 11.7 Å². The van der Waals surface area contributed by atoms with Gasteiger partial charge in [-0.1, -0.05) is 49.6 Å². The number of aromatic hydroxyl groups is 1. The Labute approximate surface area is 182 Å². The quantitative estimate of drug-likeness (QED) is 0.529. The van der Waals surface area contributed by atoms with Crippen molar-refractivity contribution >= 4 is 16.9 Å². The van der Waals surface area contributed by atoms with Gasteiger partial charge in [-0.25, -0.2) is 9.20 Å². The first-order valence-corrected chi connectivity index (χ1v) is 10.9. The zero-order valence-corrected chi connectivity index (χ0v) is 18.1. The first-order chi connectivity index (χ1) is 15.4. The summed E-state index contributed by atoms with van der Waals surface area (Å²) in [5, 5.41) is 11.3. The SMILES string of the molecule is Cn1c(=O)c2c(nc3n(C4CCCCC4)c(=O)c(Cc4ccccc4)c(O)n23)n(C)c1=O. The maximum atomic E-state index is 13.7. The van der Waals surface area contributed by atoms with E-state index in [4.69, 9.17) is 0 Å². The highest BCUT2D eigenvalue weighted by atomic mass is 16.3. The van der Waals surface area contributed by atoms with Gasteiger partial charge in [-0.05, 0) is 18.4 Å². The third kappa shape index (κ3) is 2.91. The average Bonchev–Trinajstić information content (AvgIpc) is 3.21. The van der Waals surface area contributed by atoms with Crippen LogP contribution >= 0.6 is 0 Å². The molecule has 1 N–H and O–H groups in total. The number of rotatable bonds is 3. The Hall–Kier alpha value is -3.62. The number of aryl methyl sites for hydroxylation is 1. The lowest BCUT2D eigenvalue weighted by atomic mass is 9.95. The second-order valence-corrected chi connectivity index (χ2v) is 8.56. The van der Waals surface area contributed by atoms with E-state index in [-0.39, 0.29) is 46.4 Å². The van der Waals surface area contributed by atoms with Crippen LogP contribution in [-0.4, -0.2) is 28.2 Å². The van der Waals surface area contributed by atoms with Crippen LogP contribution in [0.3, 0.4) is 0 Å². The van der Waals surface area contributed by atoms with Crippen molar-refractivity contribution in [2.24, 2.45) is 14.1 Å². The summed E-state index contributed by atoms with van der Waals surface area (Å²) in [5.74, 6) is -0.108. The van der Waals surface area contributed by atoms with Gasteiger partial charge in [0.05, 0.1) is 5.56 Å². The number of fused-ring (bicyclic) bond motifs is 3. The Kier molecular flexibility index (Phi) is 4.76. The van der Waals surface area contributed by atoms with Crippen LogP contribution < -0.4 is 16.8 Å². The Morgan fingerprint density at radius 3 is 2.34 bits per heavy atom. The minimum atomic E-state index is -0.564. The Bertz CT molecular complexity index is 1520. The van der Waals surface area contributed by atoms with Crippen LogP contribution in [0.15, 0.2) is 44.7 Å². The Balaban J connectivity index is 1.93. The molecule has 1 aliphatic carbocycles. The van der Waals surface area contributed by atoms with E-state index >= 15 is 0 Å². The van der Waals surface area contributed by atoms with Crippen molar-refractivity contribution in [3.63, 3.8) is 0 Å². The van der Waals surface area contributed by atoms with Crippen LogP contribution in [0.1, 0.15) is 49.3 Å². The molecule has 0 spiro atoms. The van der Waals surface area contributed by atoms with E-state index in [0.29, 0.717) is 0 Å². The second-order valence-electron chi connectivity index (χ2n) is 8.56. The molecule has 9 nitrogen and oxygen atoms in total. The first kappa shape index (κ1) is 20.3. The minimum absolute atomic E-state index is 0.0773. The van der Waals surface area contributed by atoms with Crippen LogP contribution in [0, 0.1) is 0 Å². The summed E-state index contributed by atoms with van der Waals surface area (Å²) >= 11 is 0.